The summed E-state index contributed by atoms with van der Waals surface area (Å²) in [5, 5.41) is 7.17. The van der Waals surface area contributed by atoms with Crippen molar-refractivity contribution in [3.05, 3.63) is 90.9 Å². The maximum atomic E-state index is 13.3. The lowest BCUT2D eigenvalue weighted by Gasteiger charge is -2.07. The van der Waals surface area contributed by atoms with Crippen molar-refractivity contribution in [2.45, 2.75) is 0 Å². The number of imidazole rings is 1. The summed E-state index contributed by atoms with van der Waals surface area (Å²) in [7, 11) is 0. The smallest absolute Gasteiger partial charge is 0.123 e. The number of rotatable bonds is 3. The zero-order valence-electron chi connectivity index (χ0n) is 14.6. The van der Waals surface area contributed by atoms with Gasteiger partial charge in [0.15, 0.2) is 0 Å². The topological polar surface area (TPSA) is 46.5 Å². The van der Waals surface area contributed by atoms with E-state index in [0.717, 1.165) is 39.1 Å². The molecule has 0 saturated heterocycles. The summed E-state index contributed by atoms with van der Waals surface area (Å²) in [6.07, 6.45) is 3.47. The van der Waals surface area contributed by atoms with E-state index in [1.807, 2.05) is 22.8 Å². The van der Waals surface area contributed by atoms with Crippen molar-refractivity contribution in [2.24, 2.45) is 0 Å². The summed E-state index contributed by atoms with van der Waals surface area (Å²) in [5.41, 5.74) is 6.07. The van der Waals surface area contributed by atoms with E-state index in [4.69, 9.17) is 0 Å². The van der Waals surface area contributed by atoms with Crippen molar-refractivity contribution >= 4 is 11.0 Å². The molecule has 4 nitrogen and oxygen atoms in total. The Balaban J connectivity index is 1.63. The molecule has 0 bridgehead atoms. The van der Waals surface area contributed by atoms with Gasteiger partial charge in [0.2, 0.25) is 0 Å². The molecule has 0 aliphatic carbocycles. The number of H-pyrrole nitrogens is 1. The van der Waals surface area contributed by atoms with Gasteiger partial charge in [-0.25, -0.2) is 13.8 Å². The van der Waals surface area contributed by atoms with Crippen LogP contribution in [0.3, 0.4) is 0 Å². The molecule has 0 atom stereocenters. The molecule has 0 fully saturated rings. The third-order valence-corrected chi connectivity index (χ3v) is 4.74. The zero-order valence-corrected chi connectivity index (χ0v) is 14.6. The molecule has 6 heteroatoms. The van der Waals surface area contributed by atoms with E-state index in [1.165, 1.54) is 24.3 Å². The van der Waals surface area contributed by atoms with Crippen molar-refractivity contribution in [3.63, 3.8) is 0 Å². The number of aromatic nitrogens is 4. The van der Waals surface area contributed by atoms with Crippen LogP contribution in [0.2, 0.25) is 0 Å². The predicted molar refractivity (Wildman–Crippen MR) is 104 cm³/mol. The first-order chi connectivity index (χ1) is 13.7. The van der Waals surface area contributed by atoms with Crippen LogP contribution in [0.5, 0.6) is 0 Å². The number of halogens is 2. The van der Waals surface area contributed by atoms with Crippen molar-refractivity contribution in [3.8, 4) is 28.1 Å². The summed E-state index contributed by atoms with van der Waals surface area (Å²) in [4.78, 5) is 4.43. The van der Waals surface area contributed by atoms with Crippen molar-refractivity contribution in [2.75, 3.05) is 0 Å². The third-order valence-electron chi connectivity index (χ3n) is 4.74. The Hall–Kier alpha value is -3.80. The average Bonchev–Trinajstić information content (AvgIpc) is 3.36. The highest BCUT2D eigenvalue weighted by molar-refractivity contribution is 5.87. The Labute approximate surface area is 159 Å². The number of nitrogens with one attached hydrogen (secondary N) is 1. The molecule has 2 aromatic heterocycles. The largest absolute Gasteiger partial charge is 0.299 e. The summed E-state index contributed by atoms with van der Waals surface area (Å²) in [5.74, 6) is -0.564. The van der Waals surface area contributed by atoms with Crippen LogP contribution in [-0.4, -0.2) is 19.7 Å². The van der Waals surface area contributed by atoms with Crippen molar-refractivity contribution in [1.82, 2.24) is 19.7 Å². The number of benzene rings is 3. The standard InChI is InChI=1S/C22H14F2N4/c23-16-4-1-14(2-5-16)22-19(12-26-27-22)15-3-10-20-21(11-15)28(13-25-20)18-8-6-17(24)7-9-18/h1-13H,(H,26,27). The van der Waals surface area contributed by atoms with Gasteiger partial charge < -0.3 is 0 Å². The molecule has 0 radical (unpaired) electrons. The normalized spacial score (nSPS) is 11.2. The molecular formula is C22H14F2N4. The van der Waals surface area contributed by atoms with Crippen molar-refractivity contribution in [1.29, 1.82) is 0 Å². The molecule has 1 N–H and O–H groups in total. The number of hydrogen-bond donors (Lipinski definition) is 1. The molecule has 28 heavy (non-hydrogen) atoms. The van der Waals surface area contributed by atoms with Gasteiger partial charge in [-0.15, -0.1) is 0 Å². The second kappa shape index (κ2) is 6.42. The zero-order chi connectivity index (χ0) is 19.1. The lowest BCUT2D eigenvalue weighted by Crippen LogP contribution is -1.92. The maximum absolute atomic E-state index is 13.3. The van der Waals surface area contributed by atoms with Crippen LogP contribution in [0.15, 0.2) is 79.3 Å². The van der Waals surface area contributed by atoms with E-state index in [0.29, 0.717) is 0 Å². The fraction of sp³-hybridized carbons (Fsp3) is 0. The van der Waals surface area contributed by atoms with Crippen LogP contribution >= 0.6 is 0 Å². The highest BCUT2D eigenvalue weighted by atomic mass is 19.1. The van der Waals surface area contributed by atoms with Crippen LogP contribution in [0, 0.1) is 11.6 Å². The summed E-state index contributed by atoms with van der Waals surface area (Å²) < 4.78 is 28.4. The summed E-state index contributed by atoms with van der Waals surface area (Å²) in [6.45, 7) is 0. The molecule has 0 spiro atoms. The van der Waals surface area contributed by atoms with Crippen LogP contribution in [-0.2, 0) is 0 Å². The Morgan fingerprint density at radius 1 is 0.786 bits per heavy atom. The van der Waals surface area contributed by atoms with Gasteiger partial charge in [-0.3, -0.25) is 9.67 Å². The summed E-state index contributed by atoms with van der Waals surface area (Å²) in [6, 6.07) is 18.5. The summed E-state index contributed by atoms with van der Waals surface area (Å²) >= 11 is 0. The number of nitrogens with zero attached hydrogens (tertiary/aromatic N) is 3. The average molecular weight is 372 g/mol. The Morgan fingerprint density at radius 2 is 1.46 bits per heavy atom. The third kappa shape index (κ3) is 2.75. The minimum absolute atomic E-state index is 0.281. The molecule has 2 heterocycles. The Kier molecular flexibility index (Phi) is 3.76. The molecule has 0 aliphatic rings. The van der Waals surface area contributed by atoms with Gasteiger partial charge >= 0.3 is 0 Å². The highest BCUT2D eigenvalue weighted by Gasteiger charge is 2.13. The Morgan fingerprint density at radius 3 is 2.21 bits per heavy atom. The van der Waals surface area contributed by atoms with E-state index >= 15 is 0 Å². The van der Waals surface area contributed by atoms with Crippen LogP contribution in [0.4, 0.5) is 8.78 Å². The SMILES string of the molecule is Fc1ccc(-c2[nH]ncc2-c2ccc3ncn(-c4ccc(F)cc4)c3c2)cc1. The maximum Gasteiger partial charge on any atom is 0.123 e. The van der Waals surface area contributed by atoms with Gasteiger partial charge in [0.1, 0.15) is 18.0 Å². The second-order valence-electron chi connectivity index (χ2n) is 6.46. The fourth-order valence-electron chi connectivity index (χ4n) is 3.32. The first-order valence-corrected chi connectivity index (χ1v) is 8.72. The fourth-order valence-corrected chi connectivity index (χ4v) is 3.32. The number of aromatic amines is 1. The molecule has 0 saturated carbocycles. The van der Waals surface area contributed by atoms with Crippen LogP contribution in [0.25, 0.3) is 39.1 Å². The Bertz CT molecular complexity index is 1270. The van der Waals surface area contributed by atoms with Gasteiger partial charge in [0, 0.05) is 16.8 Å². The molecular weight excluding hydrogens is 358 g/mol. The number of fused-ring (bicyclic) bond motifs is 1. The first kappa shape index (κ1) is 16.4. The van der Waals surface area contributed by atoms with Crippen molar-refractivity contribution < 1.29 is 8.78 Å². The second-order valence-corrected chi connectivity index (χ2v) is 6.46. The molecule has 0 unspecified atom stereocenters. The molecule has 0 aliphatic heterocycles. The monoisotopic (exact) mass is 372 g/mol. The van der Waals surface area contributed by atoms with Crippen LogP contribution in [0.1, 0.15) is 0 Å². The van der Waals surface area contributed by atoms with E-state index < -0.39 is 0 Å². The molecule has 136 valence electrons. The molecule has 3 aromatic carbocycles. The van der Waals surface area contributed by atoms with E-state index in [2.05, 4.69) is 15.2 Å². The minimum atomic E-state index is -0.283. The lowest BCUT2D eigenvalue weighted by molar-refractivity contribution is 0.627. The molecule has 0 amide bonds. The van der Waals surface area contributed by atoms with E-state index in [1.54, 1.807) is 36.8 Å². The van der Waals surface area contributed by atoms with Gasteiger partial charge in [-0.05, 0) is 66.2 Å². The van der Waals surface area contributed by atoms with Gasteiger partial charge in [-0.2, -0.15) is 5.10 Å². The van der Waals surface area contributed by atoms with E-state index in [9.17, 15) is 8.78 Å². The molecule has 5 aromatic rings. The quantitative estimate of drug-likeness (QED) is 0.463. The molecule has 5 rings (SSSR count). The minimum Gasteiger partial charge on any atom is -0.299 e. The highest BCUT2D eigenvalue weighted by Crippen LogP contribution is 2.32. The van der Waals surface area contributed by atoms with Gasteiger partial charge in [-0.1, -0.05) is 6.07 Å². The van der Waals surface area contributed by atoms with Gasteiger partial charge in [0.05, 0.1) is 22.9 Å². The van der Waals surface area contributed by atoms with E-state index in [-0.39, 0.29) is 11.6 Å². The number of hydrogen-bond acceptors (Lipinski definition) is 2. The first-order valence-electron chi connectivity index (χ1n) is 8.72. The lowest BCUT2D eigenvalue weighted by atomic mass is 10.0. The van der Waals surface area contributed by atoms with Crippen LogP contribution < -0.4 is 0 Å². The van der Waals surface area contributed by atoms with Gasteiger partial charge in [0.25, 0.3) is 0 Å². The predicted octanol–water partition coefficient (Wildman–Crippen LogP) is 5.36.